The molecular formula is C27H27NO6. The average molecular weight is 462 g/mol. The minimum absolute atomic E-state index is 0.0418. The van der Waals surface area contributed by atoms with Crippen LogP contribution in [0.3, 0.4) is 0 Å². The molecule has 0 bridgehead atoms. The molecule has 3 rings (SSSR count). The third-order valence-electron chi connectivity index (χ3n) is 4.98. The Balaban J connectivity index is 1.86. The minimum atomic E-state index is -0.144. The van der Waals surface area contributed by atoms with E-state index in [4.69, 9.17) is 18.9 Å². The van der Waals surface area contributed by atoms with Crippen molar-refractivity contribution < 1.29 is 28.8 Å². The topological polar surface area (TPSA) is 86.2 Å². The molecule has 0 unspecified atom stereocenters. The predicted molar refractivity (Wildman–Crippen MR) is 133 cm³/mol. The van der Waals surface area contributed by atoms with Gasteiger partial charge in [0, 0.05) is 17.8 Å². The Hall–Kier alpha value is -4.39. The molecule has 0 aliphatic rings. The lowest BCUT2D eigenvalue weighted by molar-refractivity contribution is 0.104. The number of aromatic hydroxyl groups is 1. The first-order valence-corrected chi connectivity index (χ1v) is 10.4. The Kier molecular flexibility index (Phi) is 8.18. The number of ether oxygens (including phenoxy) is 4. The SMILES string of the molecule is COc1cc(/C=C\c2cc(O)c(OC)c(N/C=C\C(=O)c3ccccc3)c2)cc(OC)c1OC. The largest absolute Gasteiger partial charge is 0.504 e. The van der Waals surface area contributed by atoms with Crippen LogP contribution < -0.4 is 24.3 Å². The van der Waals surface area contributed by atoms with Gasteiger partial charge < -0.3 is 29.4 Å². The Bertz CT molecular complexity index is 1180. The first-order valence-electron chi connectivity index (χ1n) is 10.4. The number of methoxy groups -OCH3 is 4. The lowest BCUT2D eigenvalue weighted by atomic mass is 10.1. The maximum absolute atomic E-state index is 12.3. The van der Waals surface area contributed by atoms with Crippen LogP contribution in [0.25, 0.3) is 12.2 Å². The van der Waals surface area contributed by atoms with Crippen LogP contribution in [0, 0.1) is 0 Å². The Labute approximate surface area is 198 Å². The van der Waals surface area contributed by atoms with Gasteiger partial charge in [0.1, 0.15) is 0 Å². The molecular weight excluding hydrogens is 434 g/mol. The number of hydrogen-bond acceptors (Lipinski definition) is 7. The number of benzene rings is 3. The maximum atomic E-state index is 12.3. The first-order chi connectivity index (χ1) is 16.5. The number of nitrogens with one attached hydrogen (secondary N) is 1. The molecule has 0 aliphatic carbocycles. The van der Waals surface area contributed by atoms with E-state index in [1.165, 1.54) is 19.4 Å². The Morgan fingerprint density at radius 1 is 0.794 bits per heavy atom. The zero-order chi connectivity index (χ0) is 24.5. The lowest BCUT2D eigenvalue weighted by Crippen LogP contribution is -1.98. The third kappa shape index (κ3) is 5.69. The Morgan fingerprint density at radius 3 is 1.94 bits per heavy atom. The molecule has 3 aromatic rings. The molecule has 0 spiro atoms. The van der Waals surface area contributed by atoms with Crippen molar-refractivity contribution in [1.29, 1.82) is 0 Å². The summed E-state index contributed by atoms with van der Waals surface area (Å²) >= 11 is 0. The van der Waals surface area contributed by atoms with E-state index in [9.17, 15) is 9.90 Å². The molecule has 34 heavy (non-hydrogen) atoms. The van der Waals surface area contributed by atoms with E-state index < -0.39 is 0 Å². The van der Waals surface area contributed by atoms with Crippen molar-refractivity contribution in [2.75, 3.05) is 33.8 Å². The fourth-order valence-corrected chi connectivity index (χ4v) is 3.35. The molecule has 7 heteroatoms. The summed E-state index contributed by atoms with van der Waals surface area (Å²) in [7, 11) is 6.12. The third-order valence-corrected chi connectivity index (χ3v) is 4.98. The summed E-state index contributed by atoms with van der Waals surface area (Å²) in [6.07, 6.45) is 6.61. The number of rotatable bonds is 10. The van der Waals surface area contributed by atoms with Gasteiger partial charge in [-0.25, -0.2) is 0 Å². The standard InChI is InChI=1S/C27H27NO6/c1-31-24-16-19(17-25(32-2)27(24)34-4)11-10-18-14-21(26(33-3)23(30)15-18)28-13-12-22(29)20-8-6-5-7-9-20/h5-17,28,30H,1-4H3/b11-10-,13-12-. The van der Waals surface area contributed by atoms with Crippen molar-refractivity contribution in [1.82, 2.24) is 0 Å². The van der Waals surface area contributed by atoms with E-state index in [0.29, 0.717) is 34.1 Å². The number of ketones is 1. The average Bonchev–Trinajstić information content (AvgIpc) is 2.87. The number of hydrogen-bond donors (Lipinski definition) is 2. The number of allylic oxidation sites excluding steroid dienone is 1. The summed E-state index contributed by atoms with van der Waals surface area (Å²) in [5.41, 5.74) is 2.60. The second kappa shape index (κ2) is 11.5. The minimum Gasteiger partial charge on any atom is -0.504 e. The van der Waals surface area contributed by atoms with Crippen LogP contribution in [-0.2, 0) is 0 Å². The van der Waals surface area contributed by atoms with Crippen molar-refractivity contribution in [3.05, 3.63) is 83.6 Å². The molecule has 0 aliphatic heterocycles. The van der Waals surface area contributed by atoms with E-state index >= 15 is 0 Å². The van der Waals surface area contributed by atoms with Gasteiger partial charge in [-0.3, -0.25) is 4.79 Å². The molecule has 0 atom stereocenters. The number of carbonyl (C=O) groups excluding carboxylic acids is 1. The highest BCUT2D eigenvalue weighted by Crippen LogP contribution is 2.39. The number of carbonyl (C=O) groups is 1. The van der Waals surface area contributed by atoms with Gasteiger partial charge in [-0.1, -0.05) is 42.5 Å². The second-order valence-corrected chi connectivity index (χ2v) is 7.12. The molecule has 7 nitrogen and oxygen atoms in total. The number of phenolic OH excluding ortho intramolecular Hbond substituents is 1. The summed E-state index contributed by atoms with van der Waals surface area (Å²) in [4.78, 5) is 12.3. The highest BCUT2D eigenvalue weighted by molar-refractivity contribution is 6.04. The van der Waals surface area contributed by atoms with Crippen molar-refractivity contribution in [3.63, 3.8) is 0 Å². The summed E-state index contributed by atoms with van der Waals surface area (Å²) in [5.74, 6) is 1.66. The fraction of sp³-hybridized carbons (Fsp3) is 0.148. The molecule has 0 saturated heterocycles. The van der Waals surface area contributed by atoms with Crippen molar-refractivity contribution in [2.24, 2.45) is 0 Å². The van der Waals surface area contributed by atoms with Gasteiger partial charge in [0.2, 0.25) is 5.75 Å². The first kappa shape index (κ1) is 24.3. The monoisotopic (exact) mass is 461 g/mol. The van der Waals surface area contributed by atoms with Gasteiger partial charge in [-0.15, -0.1) is 0 Å². The lowest BCUT2D eigenvalue weighted by Gasteiger charge is -2.13. The van der Waals surface area contributed by atoms with Crippen LogP contribution in [0.5, 0.6) is 28.7 Å². The summed E-state index contributed by atoms with van der Waals surface area (Å²) in [6.45, 7) is 0. The molecule has 0 fully saturated rings. The number of anilines is 1. The van der Waals surface area contributed by atoms with E-state index in [0.717, 1.165) is 5.56 Å². The van der Waals surface area contributed by atoms with E-state index in [1.807, 2.05) is 30.4 Å². The van der Waals surface area contributed by atoms with Crippen molar-refractivity contribution in [2.45, 2.75) is 0 Å². The van der Waals surface area contributed by atoms with Crippen LogP contribution in [-0.4, -0.2) is 39.3 Å². The predicted octanol–water partition coefficient (Wildman–Crippen LogP) is 5.41. The summed E-state index contributed by atoms with van der Waals surface area (Å²) in [6, 6.07) is 16.0. The number of phenols is 1. The van der Waals surface area contributed by atoms with Crippen molar-refractivity contribution >= 4 is 23.6 Å². The van der Waals surface area contributed by atoms with Gasteiger partial charge in [-0.2, -0.15) is 0 Å². The Morgan fingerprint density at radius 2 is 1.38 bits per heavy atom. The molecule has 0 aromatic heterocycles. The van der Waals surface area contributed by atoms with Crippen molar-refractivity contribution in [3.8, 4) is 28.7 Å². The second-order valence-electron chi connectivity index (χ2n) is 7.12. The summed E-state index contributed by atoms with van der Waals surface area (Å²) < 4.78 is 21.5. The molecule has 3 aromatic carbocycles. The normalized spacial score (nSPS) is 10.9. The van der Waals surface area contributed by atoms with Crippen LogP contribution in [0.2, 0.25) is 0 Å². The van der Waals surface area contributed by atoms with Gasteiger partial charge >= 0.3 is 0 Å². The van der Waals surface area contributed by atoms with Crippen LogP contribution in [0.15, 0.2) is 66.9 Å². The molecule has 0 saturated carbocycles. The molecule has 0 amide bonds. The zero-order valence-corrected chi connectivity index (χ0v) is 19.5. The van der Waals surface area contributed by atoms with Gasteiger partial charge in [0.15, 0.2) is 28.8 Å². The quantitative estimate of drug-likeness (QED) is 0.237. The van der Waals surface area contributed by atoms with Gasteiger partial charge in [0.05, 0.1) is 34.1 Å². The molecule has 2 N–H and O–H groups in total. The highest BCUT2D eigenvalue weighted by atomic mass is 16.5. The van der Waals surface area contributed by atoms with Crippen LogP contribution >= 0.6 is 0 Å². The fourth-order valence-electron chi connectivity index (χ4n) is 3.35. The molecule has 0 radical (unpaired) electrons. The van der Waals surface area contributed by atoms with Gasteiger partial charge in [0.25, 0.3) is 0 Å². The zero-order valence-electron chi connectivity index (χ0n) is 19.5. The highest BCUT2D eigenvalue weighted by Gasteiger charge is 2.13. The van der Waals surface area contributed by atoms with E-state index in [2.05, 4.69) is 5.32 Å². The van der Waals surface area contributed by atoms with Crippen LogP contribution in [0.4, 0.5) is 5.69 Å². The van der Waals surface area contributed by atoms with E-state index in [1.54, 1.807) is 57.7 Å². The van der Waals surface area contributed by atoms with E-state index in [-0.39, 0.29) is 17.3 Å². The van der Waals surface area contributed by atoms with Crippen LogP contribution in [0.1, 0.15) is 21.5 Å². The summed E-state index contributed by atoms with van der Waals surface area (Å²) in [5, 5.41) is 13.5. The molecule has 176 valence electrons. The van der Waals surface area contributed by atoms with Gasteiger partial charge in [-0.05, 0) is 35.4 Å². The smallest absolute Gasteiger partial charge is 0.203 e. The maximum Gasteiger partial charge on any atom is 0.203 e. The molecule has 0 heterocycles.